The highest BCUT2D eigenvalue weighted by Gasteiger charge is 2.45. The third-order valence-electron chi connectivity index (χ3n) is 3.68. The van der Waals surface area contributed by atoms with Crippen LogP contribution >= 0.6 is 0 Å². The van der Waals surface area contributed by atoms with E-state index in [9.17, 15) is 19.5 Å². The monoisotopic (exact) mass is 289 g/mol. The third kappa shape index (κ3) is 3.12. The number of benzene rings is 1. The summed E-state index contributed by atoms with van der Waals surface area (Å²) in [5.41, 5.74) is 0.757. The number of carboxylic acids is 1. The molecule has 1 N–H and O–H groups in total. The summed E-state index contributed by atoms with van der Waals surface area (Å²) in [6.45, 7) is 3.74. The van der Waals surface area contributed by atoms with Crippen LogP contribution in [-0.4, -0.2) is 33.8 Å². The van der Waals surface area contributed by atoms with Crippen molar-refractivity contribution in [2.75, 3.05) is 0 Å². The molecule has 112 valence electrons. The van der Waals surface area contributed by atoms with Crippen LogP contribution in [0.4, 0.5) is 0 Å². The molecule has 0 saturated carbocycles. The summed E-state index contributed by atoms with van der Waals surface area (Å²) in [6.07, 6.45) is 0.318. The van der Waals surface area contributed by atoms with Gasteiger partial charge in [-0.2, -0.15) is 0 Å². The minimum Gasteiger partial charge on any atom is -0.480 e. The van der Waals surface area contributed by atoms with Crippen LogP contribution < -0.4 is 0 Å². The Morgan fingerprint density at radius 2 is 1.90 bits per heavy atom. The molecule has 0 bridgehead atoms. The number of aliphatic carboxylic acids is 1. The molecular weight excluding hydrogens is 270 g/mol. The van der Waals surface area contributed by atoms with Crippen LogP contribution in [-0.2, 0) is 14.4 Å². The van der Waals surface area contributed by atoms with Crippen molar-refractivity contribution in [3.8, 4) is 0 Å². The van der Waals surface area contributed by atoms with Gasteiger partial charge in [0, 0.05) is 6.42 Å². The van der Waals surface area contributed by atoms with Crippen molar-refractivity contribution in [1.29, 1.82) is 0 Å². The van der Waals surface area contributed by atoms with Crippen molar-refractivity contribution < 1.29 is 19.5 Å². The van der Waals surface area contributed by atoms with Gasteiger partial charge in [0.25, 0.3) is 0 Å². The van der Waals surface area contributed by atoms with Crippen LogP contribution in [0.1, 0.15) is 38.2 Å². The van der Waals surface area contributed by atoms with E-state index >= 15 is 0 Å². The first-order valence-electron chi connectivity index (χ1n) is 7.05. The van der Waals surface area contributed by atoms with Crippen molar-refractivity contribution in [3.63, 3.8) is 0 Å². The Hall–Kier alpha value is -2.17. The Bertz CT molecular complexity index is 553. The van der Waals surface area contributed by atoms with Gasteiger partial charge in [-0.1, -0.05) is 44.2 Å². The van der Waals surface area contributed by atoms with Gasteiger partial charge in [0.2, 0.25) is 11.8 Å². The number of hydrogen-bond acceptors (Lipinski definition) is 3. The molecule has 1 aromatic carbocycles. The molecule has 1 aromatic rings. The molecular formula is C16H19NO4. The van der Waals surface area contributed by atoms with Gasteiger partial charge in [-0.25, -0.2) is 4.79 Å². The van der Waals surface area contributed by atoms with Crippen molar-refractivity contribution in [1.82, 2.24) is 4.90 Å². The van der Waals surface area contributed by atoms with E-state index in [1.165, 1.54) is 0 Å². The topological polar surface area (TPSA) is 74.7 Å². The zero-order valence-electron chi connectivity index (χ0n) is 12.2. The molecule has 1 saturated heterocycles. The predicted octanol–water partition coefficient (Wildman–Crippen LogP) is 2.03. The Morgan fingerprint density at radius 3 is 2.43 bits per heavy atom. The lowest BCUT2D eigenvalue weighted by atomic mass is 9.97. The number of amides is 2. The fraction of sp³-hybridized carbons (Fsp3) is 0.438. The average molecular weight is 289 g/mol. The first-order valence-corrected chi connectivity index (χ1v) is 7.05. The number of carboxylic acid groups (broad SMARTS) is 1. The van der Waals surface area contributed by atoms with E-state index in [-0.39, 0.29) is 18.8 Å². The molecule has 2 atom stereocenters. The normalized spacial score (nSPS) is 20.1. The third-order valence-corrected chi connectivity index (χ3v) is 3.68. The van der Waals surface area contributed by atoms with Gasteiger partial charge in [0.1, 0.15) is 6.04 Å². The molecule has 2 amide bonds. The molecule has 21 heavy (non-hydrogen) atoms. The second-order valence-electron chi connectivity index (χ2n) is 5.75. The molecule has 1 aliphatic rings. The molecule has 1 heterocycles. The molecule has 1 aliphatic heterocycles. The van der Waals surface area contributed by atoms with Crippen LogP contribution in [0, 0.1) is 5.92 Å². The number of carbonyl (C=O) groups is 3. The summed E-state index contributed by atoms with van der Waals surface area (Å²) < 4.78 is 0. The van der Waals surface area contributed by atoms with Crippen LogP contribution in [0.15, 0.2) is 30.3 Å². The SMILES string of the molecule is CC(C)CC(C(=O)O)N1C(=O)CC(c2ccccc2)C1=O. The fourth-order valence-electron chi connectivity index (χ4n) is 2.69. The second kappa shape index (κ2) is 6.08. The van der Waals surface area contributed by atoms with E-state index in [1.807, 2.05) is 19.9 Å². The Labute approximate surface area is 123 Å². The molecule has 0 aromatic heterocycles. The summed E-state index contributed by atoms with van der Waals surface area (Å²) in [4.78, 5) is 37.0. The summed E-state index contributed by atoms with van der Waals surface area (Å²) in [6, 6.07) is 7.95. The van der Waals surface area contributed by atoms with Crippen molar-refractivity contribution >= 4 is 17.8 Å². The maximum absolute atomic E-state index is 12.5. The fourth-order valence-corrected chi connectivity index (χ4v) is 2.69. The maximum Gasteiger partial charge on any atom is 0.326 e. The Balaban J connectivity index is 2.27. The zero-order valence-corrected chi connectivity index (χ0v) is 12.2. The molecule has 0 radical (unpaired) electrons. The molecule has 5 nitrogen and oxygen atoms in total. The smallest absolute Gasteiger partial charge is 0.326 e. The lowest BCUT2D eigenvalue weighted by Gasteiger charge is -2.24. The molecule has 2 rings (SSSR count). The van der Waals surface area contributed by atoms with E-state index in [4.69, 9.17) is 0 Å². The van der Waals surface area contributed by atoms with Crippen LogP contribution in [0.2, 0.25) is 0 Å². The van der Waals surface area contributed by atoms with Gasteiger partial charge < -0.3 is 5.11 Å². The highest BCUT2D eigenvalue weighted by atomic mass is 16.4. The van der Waals surface area contributed by atoms with E-state index in [0.29, 0.717) is 0 Å². The highest BCUT2D eigenvalue weighted by Crippen LogP contribution is 2.32. The Morgan fingerprint density at radius 1 is 1.29 bits per heavy atom. The summed E-state index contributed by atoms with van der Waals surface area (Å²) in [5.74, 6) is -2.41. The number of nitrogens with zero attached hydrogens (tertiary/aromatic N) is 1. The predicted molar refractivity (Wildman–Crippen MR) is 76.5 cm³/mol. The highest BCUT2D eigenvalue weighted by molar-refractivity contribution is 6.08. The quantitative estimate of drug-likeness (QED) is 0.842. The number of rotatable bonds is 5. The van der Waals surface area contributed by atoms with E-state index in [2.05, 4.69) is 0 Å². The van der Waals surface area contributed by atoms with Gasteiger partial charge in [-0.15, -0.1) is 0 Å². The van der Waals surface area contributed by atoms with Crippen molar-refractivity contribution in [2.45, 2.75) is 38.6 Å². The molecule has 0 spiro atoms. The number of likely N-dealkylation sites (tertiary alicyclic amines) is 1. The van der Waals surface area contributed by atoms with Gasteiger partial charge in [0.15, 0.2) is 0 Å². The van der Waals surface area contributed by atoms with Crippen molar-refractivity contribution in [3.05, 3.63) is 35.9 Å². The second-order valence-corrected chi connectivity index (χ2v) is 5.75. The molecule has 0 aliphatic carbocycles. The number of imide groups is 1. The first kappa shape index (κ1) is 15.2. The minimum absolute atomic E-state index is 0.0464. The average Bonchev–Trinajstić information content (AvgIpc) is 2.72. The van der Waals surface area contributed by atoms with Crippen LogP contribution in [0.25, 0.3) is 0 Å². The Kier molecular flexibility index (Phi) is 4.40. The maximum atomic E-state index is 12.5. The van der Waals surface area contributed by atoms with Gasteiger partial charge in [-0.05, 0) is 17.9 Å². The van der Waals surface area contributed by atoms with Gasteiger partial charge in [0.05, 0.1) is 5.92 Å². The lowest BCUT2D eigenvalue weighted by molar-refractivity contribution is -0.155. The van der Waals surface area contributed by atoms with E-state index in [1.54, 1.807) is 24.3 Å². The number of carbonyl (C=O) groups excluding carboxylic acids is 2. The van der Waals surface area contributed by atoms with Gasteiger partial charge in [-0.3, -0.25) is 14.5 Å². The van der Waals surface area contributed by atoms with Gasteiger partial charge >= 0.3 is 5.97 Å². The van der Waals surface area contributed by atoms with E-state index in [0.717, 1.165) is 10.5 Å². The standard InChI is InChI=1S/C16H19NO4/c1-10(2)8-13(16(20)21)17-14(18)9-12(15(17)19)11-6-4-3-5-7-11/h3-7,10,12-13H,8-9H2,1-2H3,(H,20,21). The molecule has 5 heteroatoms. The van der Waals surface area contributed by atoms with Crippen LogP contribution in [0.3, 0.4) is 0 Å². The summed E-state index contributed by atoms with van der Waals surface area (Å²) in [7, 11) is 0. The zero-order chi connectivity index (χ0) is 15.6. The number of hydrogen-bond donors (Lipinski definition) is 1. The lowest BCUT2D eigenvalue weighted by Crippen LogP contribution is -2.45. The summed E-state index contributed by atoms with van der Waals surface area (Å²) >= 11 is 0. The molecule has 2 unspecified atom stereocenters. The van der Waals surface area contributed by atoms with Crippen molar-refractivity contribution in [2.24, 2.45) is 5.92 Å². The summed E-state index contributed by atoms with van der Waals surface area (Å²) in [5, 5.41) is 9.33. The largest absolute Gasteiger partial charge is 0.480 e. The first-order chi connectivity index (χ1) is 9.91. The van der Waals surface area contributed by atoms with E-state index < -0.39 is 29.7 Å². The van der Waals surface area contributed by atoms with Crippen LogP contribution in [0.5, 0.6) is 0 Å². The molecule has 1 fully saturated rings. The minimum atomic E-state index is -1.13.